The zero-order valence-corrected chi connectivity index (χ0v) is 10.6. The number of nitrogens with one attached hydrogen (secondary N) is 1. The summed E-state index contributed by atoms with van der Waals surface area (Å²) in [6.45, 7) is 2.75. The zero-order chi connectivity index (χ0) is 13.4. The molecule has 0 aromatic carbocycles. The molecule has 0 saturated carbocycles. The summed E-state index contributed by atoms with van der Waals surface area (Å²) in [5, 5.41) is 12.0. The number of hydrogen-bond acceptors (Lipinski definition) is 4. The Bertz CT molecular complexity index is 361. The molecule has 2 unspecified atom stereocenters. The molecular weight excluding hydrogens is 236 g/mol. The fourth-order valence-corrected chi connectivity index (χ4v) is 2.83. The fourth-order valence-electron chi connectivity index (χ4n) is 2.83. The van der Waals surface area contributed by atoms with E-state index in [-0.39, 0.29) is 23.8 Å². The first kappa shape index (κ1) is 13.3. The first-order valence-corrected chi connectivity index (χ1v) is 6.27. The maximum absolute atomic E-state index is 11.9. The van der Waals surface area contributed by atoms with E-state index in [1.165, 1.54) is 6.92 Å². The summed E-state index contributed by atoms with van der Waals surface area (Å²) in [6, 6.07) is 0. The summed E-state index contributed by atoms with van der Waals surface area (Å²) in [5.41, 5.74) is 4.17. The van der Waals surface area contributed by atoms with E-state index in [9.17, 15) is 9.59 Å². The lowest BCUT2D eigenvalue weighted by molar-refractivity contribution is -0.143. The third-order valence-electron chi connectivity index (χ3n) is 4.01. The molecule has 2 aliphatic rings. The van der Waals surface area contributed by atoms with Crippen molar-refractivity contribution in [3.8, 4) is 0 Å². The van der Waals surface area contributed by atoms with Gasteiger partial charge in [-0.25, -0.2) is 0 Å². The molecule has 102 valence electrons. The van der Waals surface area contributed by atoms with Gasteiger partial charge in [-0.3, -0.25) is 9.59 Å². The third kappa shape index (κ3) is 2.49. The van der Waals surface area contributed by atoms with Gasteiger partial charge in [-0.15, -0.1) is 0 Å². The minimum absolute atomic E-state index is 0.0742. The number of rotatable bonds is 3. The van der Waals surface area contributed by atoms with Crippen molar-refractivity contribution in [3.05, 3.63) is 0 Å². The lowest BCUT2D eigenvalue weighted by Crippen LogP contribution is -2.47. The summed E-state index contributed by atoms with van der Waals surface area (Å²) in [4.78, 5) is 23.0. The molecule has 18 heavy (non-hydrogen) atoms. The van der Waals surface area contributed by atoms with Gasteiger partial charge in [0.1, 0.15) is 5.54 Å². The van der Waals surface area contributed by atoms with E-state index in [1.807, 2.05) is 0 Å². The van der Waals surface area contributed by atoms with Gasteiger partial charge in [0.15, 0.2) is 0 Å². The molecule has 0 bridgehead atoms. The van der Waals surface area contributed by atoms with Crippen LogP contribution in [0, 0.1) is 5.92 Å². The standard InChI is InChI=1S/C12H20N2O4/c1-11(13,10(16)17)6-8-7-12(14-9(8)15)2-4-18-5-3-12/h8H,2-7,13H2,1H3,(H,14,15)(H,16,17). The molecule has 2 rings (SSSR count). The second kappa shape index (κ2) is 4.51. The molecule has 4 N–H and O–H groups in total. The molecule has 6 nitrogen and oxygen atoms in total. The van der Waals surface area contributed by atoms with Crippen molar-refractivity contribution < 1.29 is 19.4 Å². The average Bonchev–Trinajstić information content (AvgIpc) is 2.55. The summed E-state index contributed by atoms with van der Waals surface area (Å²) in [5.74, 6) is -1.45. The van der Waals surface area contributed by atoms with E-state index in [0.29, 0.717) is 19.6 Å². The smallest absolute Gasteiger partial charge is 0.323 e. The highest BCUT2D eigenvalue weighted by atomic mass is 16.5. The molecule has 0 aliphatic carbocycles. The summed E-state index contributed by atoms with van der Waals surface area (Å²) >= 11 is 0. The number of nitrogens with two attached hydrogens (primary N) is 1. The van der Waals surface area contributed by atoms with E-state index in [4.69, 9.17) is 15.6 Å². The predicted molar refractivity (Wildman–Crippen MR) is 63.9 cm³/mol. The molecule has 2 aliphatic heterocycles. The lowest BCUT2D eigenvalue weighted by Gasteiger charge is -2.33. The second-order valence-electron chi connectivity index (χ2n) is 5.71. The number of carboxylic acid groups (broad SMARTS) is 1. The Balaban J connectivity index is 2.03. The van der Waals surface area contributed by atoms with Crippen LogP contribution in [0.2, 0.25) is 0 Å². The van der Waals surface area contributed by atoms with Crippen molar-refractivity contribution in [3.63, 3.8) is 0 Å². The summed E-state index contributed by atoms with van der Waals surface area (Å²) < 4.78 is 5.30. The quantitative estimate of drug-likeness (QED) is 0.652. The van der Waals surface area contributed by atoms with Crippen LogP contribution in [0.25, 0.3) is 0 Å². The van der Waals surface area contributed by atoms with E-state index in [2.05, 4.69) is 5.32 Å². The number of carboxylic acids is 1. The van der Waals surface area contributed by atoms with Gasteiger partial charge in [-0.2, -0.15) is 0 Å². The van der Waals surface area contributed by atoms with E-state index in [1.54, 1.807) is 0 Å². The van der Waals surface area contributed by atoms with Crippen molar-refractivity contribution in [1.29, 1.82) is 0 Å². The molecular formula is C12H20N2O4. The van der Waals surface area contributed by atoms with Gasteiger partial charge in [0.25, 0.3) is 0 Å². The number of ether oxygens (including phenoxy) is 1. The Morgan fingerprint density at radius 2 is 2.22 bits per heavy atom. The Labute approximate surface area is 106 Å². The number of hydrogen-bond donors (Lipinski definition) is 3. The van der Waals surface area contributed by atoms with Gasteiger partial charge < -0.3 is 20.9 Å². The molecule has 2 saturated heterocycles. The third-order valence-corrected chi connectivity index (χ3v) is 4.01. The van der Waals surface area contributed by atoms with Crippen LogP contribution in [0.1, 0.15) is 32.6 Å². The largest absolute Gasteiger partial charge is 0.480 e. The minimum Gasteiger partial charge on any atom is -0.480 e. The highest BCUT2D eigenvalue weighted by Crippen LogP contribution is 2.36. The molecule has 2 fully saturated rings. The zero-order valence-electron chi connectivity index (χ0n) is 10.6. The van der Waals surface area contributed by atoms with Crippen molar-refractivity contribution in [1.82, 2.24) is 5.32 Å². The molecule has 0 aromatic rings. The Hall–Kier alpha value is -1.14. The molecule has 2 heterocycles. The highest BCUT2D eigenvalue weighted by molar-refractivity contribution is 5.84. The van der Waals surface area contributed by atoms with Crippen LogP contribution >= 0.6 is 0 Å². The maximum Gasteiger partial charge on any atom is 0.323 e. The normalized spacial score (nSPS) is 29.9. The molecule has 0 radical (unpaired) electrons. The van der Waals surface area contributed by atoms with Crippen molar-refractivity contribution in [2.75, 3.05) is 13.2 Å². The topological polar surface area (TPSA) is 102 Å². The van der Waals surface area contributed by atoms with Gasteiger partial charge in [-0.05, 0) is 32.6 Å². The van der Waals surface area contributed by atoms with E-state index < -0.39 is 11.5 Å². The molecule has 1 amide bonds. The number of carbonyl (C=O) groups excluding carboxylic acids is 1. The van der Waals surface area contributed by atoms with Gasteiger partial charge in [0.05, 0.1) is 0 Å². The molecule has 0 aromatic heterocycles. The van der Waals surface area contributed by atoms with Crippen LogP contribution < -0.4 is 11.1 Å². The monoisotopic (exact) mass is 256 g/mol. The predicted octanol–water partition coefficient (Wildman–Crippen LogP) is -0.136. The fraction of sp³-hybridized carbons (Fsp3) is 0.833. The van der Waals surface area contributed by atoms with Gasteiger partial charge in [0.2, 0.25) is 5.91 Å². The van der Waals surface area contributed by atoms with Gasteiger partial charge in [-0.1, -0.05) is 0 Å². The average molecular weight is 256 g/mol. The Kier molecular flexibility index (Phi) is 3.33. The van der Waals surface area contributed by atoms with Crippen molar-refractivity contribution in [2.45, 2.75) is 43.7 Å². The summed E-state index contributed by atoms with van der Waals surface area (Å²) in [7, 11) is 0. The Morgan fingerprint density at radius 1 is 1.61 bits per heavy atom. The second-order valence-corrected chi connectivity index (χ2v) is 5.71. The maximum atomic E-state index is 11.9. The first-order chi connectivity index (χ1) is 8.35. The molecule has 6 heteroatoms. The van der Waals surface area contributed by atoms with Crippen LogP contribution in [0.5, 0.6) is 0 Å². The lowest BCUT2D eigenvalue weighted by atomic mass is 9.81. The van der Waals surface area contributed by atoms with Gasteiger partial charge in [0, 0.05) is 24.7 Å². The summed E-state index contributed by atoms with van der Waals surface area (Å²) in [6.07, 6.45) is 2.43. The van der Waals surface area contributed by atoms with Crippen LogP contribution in [0.3, 0.4) is 0 Å². The van der Waals surface area contributed by atoms with Crippen LogP contribution in [-0.4, -0.2) is 41.3 Å². The van der Waals surface area contributed by atoms with Crippen molar-refractivity contribution >= 4 is 11.9 Å². The minimum atomic E-state index is -1.35. The SMILES string of the molecule is CC(N)(CC1CC2(CCOCC2)NC1=O)C(=O)O. The van der Waals surface area contributed by atoms with Crippen LogP contribution in [0.15, 0.2) is 0 Å². The van der Waals surface area contributed by atoms with Crippen molar-refractivity contribution in [2.24, 2.45) is 11.7 Å². The molecule has 1 spiro atoms. The molecule has 2 atom stereocenters. The first-order valence-electron chi connectivity index (χ1n) is 6.27. The van der Waals surface area contributed by atoms with E-state index >= 15 is 0 Å². The number of aliphatic carboxylic acids is 1. The van der Waals surface area contributed by atoms with Gasteiger partial charge >= 0.3 is 5.97 Å². The van der Waals surface area contributed by atoms with Crippen LogP contribution in [-0.2, 0) is 14.3 Å². The number of carbonyl (C=O) groups is 2. The highest BCUT2D eigenvalue weighted by Gasteiger charge is 2.47. The van der Waals surface area contributed by atoms with E-state index in [0.717, 1.165) is 12.8 Å². The number of amides is 1. The van der Waals surface area contributed by atoms with Crippen LogP contribution in [0.4, 0.5) is 0 Å². The Morgan fingerprint density at radius 3 is 2.78 bits per heavy atom.